The molecular weight excluding hydrogens is 332 g/mol. The molecule has 0 amide bonds. The highest BCUT2D eigenvalue weighted by molar-refractivity contribution is 8.45. The van der Waals surface area contributed by atoms with Gasteiger partial charge in [-0.1, -0.05) is 35.5 Å². The molecule has 2 rings (SSSR count). The quantitative estimate of drug-likeness (QED) is 0.356. The number of hydrogen-bond donors (Lipinski definition) is 0. The van der Waals surface area contributed by atoms with E-state index in [9.17, 15) is 14.9 Å². The fourth-order valence-corrected chi connectivity index (χ4v) is 3.29. The molecule has 0 radical (unpaired) electrons. The monoisotopic (exact) mass is 340 g/mol. The summed E-state index contributed by atoms with van der Waals surface area (Å²) < 4.78 is 0.648. The zero-order chi connectivity index (χ0) is 15.4. The molecule has 0 aromatic heterocycles. The van der Waals surface area contributed by atoms with Crippen LogP contribution in [-0.2, 0) is 4.79 Å². The topological polar surface area (TPSA) is 72.6 Å². The Kier molecular flexibility index (Phi) is 5.22. The highest BCUT2D eigenvalue weighted by atomic mass is 35.5. The van der Waals surface area contributed by atoms with Crippen molar-refractivity contribution in [3.8, 4) is 0 Å². The van der Waals surface area contributed by atoms with Crippen molar-refractivity contribution in [2.45, 2.75) is 0 Å². The number of aliphatic imine (C=N–C) groups is 1. The Morgan fingerprint density at radius 3 is 2.95 bits per heavy atom. The maximum atomic E-state index is 11.8. The predicted octanol–water partition coefficient (Wildman–Crippen LogP) is 4.14. The smallest absolute Gasteiger partial charge is 0.279 e. The lowest BCUT2D eigenvalue weighted by molar-refractivity contribution is -0.384. The molecule has 0 bridgehead atoms. The van der Waals surface area contributed by atoms with E-state index in [-0.39, 0.29) is 21.5 Å². The van der Waals surface area contributed by atoms with Gasteiger partial charge in [0.15, 0.2) is 0 Å². The number of benzene rings is 1. The first-order valence-corrected chi connectivity index (χ1v) is 7.89. The Morgan fingerprint density at radius 1 is 1.52 bits per heavy atom. The first-order chi connectivity index (χ1) is 10.0. The van der Waals surface area contributed by atoms with Crippen molar-refractivity contribution in [3.63, 3.8) is 0 Å². The average molecular weight is 341 g/mol. The first kappa shape index (κ1) is 15.8. The van der Waals surface area contributed by atoms with Gasteiger partial charge in [0.25, 0.3) is 5.69 Å². The summed E-state index contributed by atoms with van der Waals surface area (Å²) in [6, 6.07) is 4.35. The molecule has 5 nitrogen and oxygen atoms in total. The summed E-state index contributed by atoms with van der Waals surface area (Å²) in [7, 11) is 0. The van der Waals surface area contributed by atoms with Crippen LogP contribution in [0.5, 0.6) is 0 Å². The largest absolute Gasteiger partial charge is 0.288 e. The molecule has 0 atom stereocenters. The standard InChI is InChI=1S/C13H9ClN2O3S2/c1-2-5-20-13-15-10(12(17)21-13)6-8-3-4-9(14)11(7-8)16(18)19/h2-4,6-7H,1,5H2/b10-6+. The van der Waals surface area contributed by atoms with Crippen LogP contribution in [0.2, 0.25) is 5.02 Å². The van der Waals surface area contributed by atoms with E-state index >= 15 is 0 Å². The zero-order valence-electron chi connectivity index (χ0n) is 10.6. The van der Waals surface area contributed by atoms with Crippen molar-refractivity contribution in [1.82, 2.24) is 0 Å². The molecule has 1 aromatic carbocycles. The first-order valence-electron chi connectivity index (χ1n) is 5.71. The van der Waals surface area contributed by atoms with Crippen molar-refractivity contribution in [3.05, 3.63) is 57.3 Å². The van der Waals surface area contributed by atoms with Gasteiger partial charge in [0.05, 0.1) is 4.92 Å². The Hall–Kier alpha value is -1.57. The van der Waals surface area contributed by atoms with Crippen LogP contribution >= 0.6 is 35.1 Å². The molecule has 0 spiro atoms. The van der Waals surface area contributed by atoms with Gasteiger partial charge in [0.2, 0.25) is 5.12 Å². The van der Waals surface area contributed by atoms with Crippen LogP contribution < -0.4 is 0 Å². The molecule has 0 saturated carbocycles. The number of carbonyl (C=O) groups is 1. The van der Waals surface area contributed by atoms with E-state index < -0.39 is 4.92 Å². The van der Waals surface area contributed by atoms with Crippen LogP contribution in [0, 0.1) is 10.1 Å². The molecule has 0 unspecified atom stereocenters. The normalized spacial score (nSPS) is 16.1. The van der Waals surface area contributed by atoms with E-state index in [4.69, 9.17) is 11.6 Å². The van der Waals surface area contributed by atoms with Crippen LogP contribution in [0.1, 0.15) is 5.56 Å². The summed E-state index contributed by atoms with van der Waals surface area (Å²) in [4.78, 5) is 26.3. The molecular formula is C13H9ClN2O3S2. The fourth-order valence-electron chi connectivity index (χ4n) is 1.50. The maximum Gasteiger partial charge on any atom is 0.288 e. The van der Waals surface area contributed by atoms with Crippen LogP contribution in [0.4, 0.5) is 5.69 Å². The molecule has 1 heterocycles. The van der Waals surface area contributed by atoms with E-state index in [1.807, 2.05) is 0 Å². The predicted molar refractivity (Wildman–Crippen MR) is 88.8 cm³/mol. The third-order valence-corrected chi connectivity index (χ3v) is 4.72. The lowest BCUT2D eigenvalue weighted by Crippen LogP contribution is -1.91. The molecule has 108 valence electrons. The maximum absolute atomic E-state index is 11.8. The lowest BCUT2D eigenvalue weighted by Gasteiger charge is -1.97. The Morgan fingerprint density at radius 2 is 2.29 bits per heavy atom. The summed E-state index contributed by atoms with van der Waals surface area (Å²) in [5, 5.41) is 10.7. The number of hydrogen-bond acceptors (Lipinski definition) is 6. The zero-order valence-corrected chi connectivity index (χ0v) is 13.0. The Balaban J connectivity index is 2.29. The SMILES string of the molecule is C=CCSC1=N/C(=C/c2ccc(Cl)c([N+](=O)[O-])c2)C(=O)S1. The summed E-state index contributed by atoms with van der Waals surface area (Å²) in [5.74, 6) is 0.665. The van der Waals surface area contributed by atoms with Crippen molar-refractivity contribution >= 4 is 56.4 Å². The van der Waals surface area contributed by atoms with Crippen molar-refractivity contribution in [2.75, 3.05) is 5.75 Å². The average Bonchev–Trinajstić information content (AvgIpc) is 2.78. The number of thioether (sulfide) groups is 2. The Labute approximate surface area is 134 Å². The minimum Gasteiger partial charge on any atom is -0.279 e. The van der Waals surface area contributed by atoms with Gasteiger partial charge in [-0.2, -0.15) is 0 Å². The third-order valence-electron chi connectivity index (χ3n) is 2.40. The van der Waals surface area contributed by atoms with E-state index in [2.05, 4.69) is 11.6 Å². The minimum absolute atomic E-state index is 0.0556. The molecule has 21 heavy (non-hydrogen) atoms. The van der Waals surface area contributed by atoms with E-state index in [1.54, 1.807) is 12.1 Å². The molecule has 1 aromatic rings. The van der Waals surface area contributed by atoms with Crippen LogP contribution in [0.3, 0.4) is 0 Å². The summed E-state index contributed by atoms with van der Waals surface area (Å²) in [6.07, 6.45) is 3.24. The second-order valence-corrected chi connectivity index (χ2v) is 6.50. The lowest BCUT2D eigenvalue weighted by atomic mass is 10.2. The van der Waals surface area contributed by atoms with Gasteiger partial charge in [0, 0.05) is 11.8 Å². The van der Waals surface area contributed by atoms with Crippen LogP contribution in [0.15, 0.2) is 41.5 Å². The second-order valence-electron chi connectivity index (χ2n) is 3.86. The molecule has 8 heteroatoms. The van der Waals surface area contributed by atoms with Crippen LogP contribution in [-0.4, -0.2) is 20.2 Å². The Bertz CT molecular complexity index is 686. The van der Waals surface area contributed by atoms with Gasteiger partial charge in [-0.3, -0.25) is 14.9 Å². The van der Waals surface area contributed by atoms with E-state index in [0.29, 0.717) is 15.7 Å². The van der Waals surface area contributed by atoms with Crippen molar-refractivity contribution in [1.29, 1.82) is 0 Å². The highest BCUT2D eigenvalue weighted by Crippen LogP contribution is 2.32. The number of halogens is 1. The fraction of sp³-hybridized carbons (Fsp3) is 0.0769. The van der Waals surface area contributed by atoms with Crippen molar-refractivity contribution in [2.24, 2.45) is 4.99 Å². The van der Waals surface area contributed by atoms with Gasteiger partial charge in [-0.25, -0.2) is 4.99 Å². The molecule has 0 saturated heterocycles. The van der Waals surface area contributed by atoms with Gasteiger partial charge < -0.3 is 0 Å². The number of nitro groups is 1. The number of rotatable bonds is 4. The van der Waals surface area contributed by atoms with Gasteiger partial charge in [-0.15, -0.1) is 6.58 Å². The summed E-state index contributed by atoms with van der Waals surface area (Å²) in [6.45, 7) is 3.60. The summed E-state index contributed by atoms with van der Waals surface area (Å²) >= 11 is 8.20. The molecule has 0 N–H and O–H groups in total. The van der Waals surface area contributed by atoms with E-state index in [1.165, 1.54) is 30.0 Å². The third kappa shape index (κ3) is 3.96. The van der Waals surface area contributed by atoms with Gasteiger partial charge in [0.1, 0.15) is 15.1 Å². The molecule has 1 aliphatic heterocycles. The number of nitrogens with zero attached hydrogens (tertiary/aromatic N) is 2. The van der Waals surface area contributed by atoms with Crippen LogP contribution in [0.25, 0.3) is 6.08 Å². The van der Waals surface area contributed by atoms with E-state index in [0.717, 1.165) is 11.8 Å². The highest BCUT2D eigenvalue weighted by Gasteiger charge is 2.22. The van der Waals surface area contributed by atoms with Crippen molar-refractivity contribution < 1.29 is 9.72 Å². The number of nitro benzene ring substituents is 1. The summed E-state index contributed by atoms with van der Waals surface area (Å²) in [5.41, 5.74) is 0.575. The second kappa shape index (κ2) is 6.93. The number of carbonyl (C=O) groups excluding carboxylic acids is 1. The molecule has 0 aliphatic carbocycles. The van der Waals surface area contributed by atoms with Gasteiger partial charge >= 0.3 is 0 Å². The van der Waals surface area contributed by atoms with Gasteiger partial charge in [-0.05, 0) is 29.5 Å². The minimum atomic E-state index is -0.565. The molecule has 0 fully saturated rings. The molecule has 1 aliphatic rings.